The Bertz CT molecular complexity index is 1040. The fourth-order valence-electron chi connectivity index (χ4n) is 4.17. The van der Waals surface area contributed by atoms with Crippen molar-refractivity contribution in [2.45, 2.75) is 58.3 Å². The molecule has 2 aromatic heterocycles. The number of fused-ring (bicyclic) bond motifs is 1. The molecule has 1 unspecified atom stereocenters. The quantitative estimate of drug-likeness (QED) is 0.395. The number of aliphatic hydroxyl groups is 1. The van der Waals surface area contributed by atoms with Gasteiger partial charge in [0.2, 0.25) is 0 Å². The number of hydrogen-bond acceptors (Lipinski definition) is 4. The van der Waals surface area contributed by atoms with Gasteiger partial charge >= 0.3 is 0 Å². The lowest BCUT2D eigenvalue weighted by atomic mass is 10.0. The number of anilines is 1. The van der Waals surface area contributed by atoms with Gasteiger partial charge in [-0.1, -0.05) is 33.3 Å². The molecule has 0 spiro atoms. The molecule has 5 heteroatoms. The number of rotatable bonds is 9. The third-order valence-electron chi connectivity index (χ3n) is 6.30. The van der Waals surface area contributed by atoms with Crippen molar-refractivity contribution in [2.75, 3.05) is 31.4 Å². The van der Waals surface area contributed by atoms with Gasteiger partial charge in [-0.25, -0.2) is 4.98 Å². The zero-order chi connectivity index (χ0) is 22.7. The minimum Gasteiger partial charge on any atom is -0.396 e. The molecule has 0 amide bonds. The molecule has 0 aliphatic heterocycles. The molecule has 168 valence electrons. The molecule has 3 aromatic rings. The molecule has 0 fully saturated rings. The Hall–Kier alpha value is -1.98. The van der Waals surface area contributed by atoms with Crippen LogP contribution in [0.15, 0.2) is 35.4 Å². The fraction of sp³-hybridized carbons (Fsp3) is 0.500. The van der Waals surface area contributed by atoms with Crippen LogP contribution >= 0.6 is 11.8 Å². The minimum absolute atomic E-state index is 0.258. The van der Waals surface area contributed by atoms with Gasteiger partial charge in [0.05, 0.1) is 5.69 Å². The van der Waals surface area contributed by atoms with E-state index >= 15 is 0 Å². The molecule has 3 rings (SSSR count). The van der Waals surface area contributed by atoms with E-state index in [4.69, 9.17) is 4.98 Å². The van der Waals surface area contributed by atoms with Crippen molar-refractivity contribution in [3.63, 3.8) is 0 Å². The SMILES string of the molecule is CCC(CO)CCN(C)c1cc(C)nc2c1c(C)cn2-c1ccc(C(C)C)cc1SC. The standard InChI is InChI=1S/C26H37N3OS/c1-8-20(16-30)11-12-28(6)23-13-19(5)27-26-25(23)18(4)15-29(26)22-10-9-21(17(2)3)14-24(22)31-7/h9-10,13-15,17,20,30H,8,11-12,16H2,1-7H3. The Labute approximate surface area is 191 Å². The molecule has 2 heterocycles. The van der Waals surface area contributed by atoms with Crippen molar-refractivity contribution in [2.24, 2.45) is 5.92 Å². The number of aromatic nitrogens is 2. The summed E-state index contributed by atoms with van der Waals surface area (Å²) >= 11 is 1.79. The van der Waals surface area contributed by atoms with E-state index in [0.717, 1.165) is 30.7 Å². The highest BCUT2D eigenvalue weighted by molar-refractivity contribution is 7.98. The predicted octanol–water partition coefficient (Wildman–Crippen LogP) is 6.33. The summed E-state index contributed by atoms with van der Waals surface area (Å²) in [6, 6.07) is 8.98. The van der Waals surface area contributed by atoms with Crippen molar-refractivity contribution in [3.05, 3.63) is 47.3 Å². The zero-order valence-corrected chi connectivity index (χ0v) is 20.9. The Morgan fingerprint density at radius 2 is 1.94 bits per heavy atom. The molecule has 0 bridgehead atoms. The average molecular weight is 440 g/mol. The molecule has 1 atom stereocenters. The van der Waals surface area contributed by atoms with Gasteiger partial charge in [-0.2, -0.15) is 0 Å². The normalized spacial score (nSPS) is 12.7. The van der Waals surface area contributed by atoms with Gasteiger partial charge in [0.25, 0.3) is 0 Å². The van der Waals surface area contributed by atoms with E-state index in [1.54, 1.807) is 11.8 Å². The first-order valence-corrected chi connectivity index (χ1v) is 12.5. The predicted molar refractivity (Wildman–Crippen MR) is 135 cm³/mol. The molecule has 4 nitrogen and oxygen atoms in total. The monoisotopic (exact) mass is 439 g/mol. The largest absolute Gasteiger partial charge is 0.396 e. The van der Waals surface area contributed by atoms with E-state index in [0.29, 0.717) is 11.8 Å². The van der Waals surface area contributed by atoms with Crippen molar-refractivity contribution in [1.82, 2.24) is 9.55 Å². The summed E-state index contributed by atoms with van der Waals surface area (Å²) in [5.74, 6) is 0.866. The Morgan fingerprint density at radius 3 is 2.55 bits per heavy atom. The third-order valence-corrected chi connectivity index (χ3v) is 7.07. The minimum atomic E-state index is 0.258. The van der Waals surface area contributed by atoms with Crippen molar-refractivity contribution < 1.29 is 5.11 Å². The van der Waals surface area contributed by atoms with Crippen molar-refractivity contribution >= 4 is 28.5 Å². The summed E-state index contributed by atoms with van der Waals surface area (Å²) in [7, 11) is 2.15. The first-order chi connectivity index (χ1) is 14.8. The summed E-state index contributed by atoms with van der Waals surface area (Å²) in [6.45, 7) is 12.0. The molecular weight excluding hydrogens is 402 g/mol. The van der Waals surface area contributed by atoms with Crippen LogP contribution in [-0.4, -0.2) is 41.1 Å². The van der Waals surface area contributed by atoms with Crippen LogP contribution in [0.3, 0.4) is 0 Å². The Morgan fingerprint density at radius 1 is 1.19 bits per heavy atom. The van der Waals surface area contributed by atoms with Crippen LogP contribution in [0.4, 0.5) is 5.69 Å². The average Bonchev–Trinajstić information content (AvgIpc) is 3.08. The number of aryl methyl sites for hydroxylation is 2. The van der Waals surface area contributed by atoms with Gasteiger partial charge in [-0.05, 0) is 67.7 Å². The van der Waals surface area contributed by atoms with E-state index in [2.05, 4.69) is 87.9 Å². The third kappa shape index (κ3) is 4.93. The summed E-state index contributed by atoms with van der Waals surface area (Å²) in [5.41, 5.74) is 7.04. The molecule has 0 saturated heterocycles. The summed E-state index contributed by atoms with van der Waals surface area (Å²) in [6.07, 6.45) is 6.36. The van der Waals surface area contributed by atoms with Gasteiger partial charge in [-0.3, -0.25) is 4.57 Å². The summed E-state index contributed by atoms with van der Waals surface area (Å²) in [5, 5.41) is 10.8. The Kier molecular flexibility index (Phi) is 7.71. The molecule has 1 N–H and O–H groups in total. The van der Waals surface area contributed by atoms with Crippen LogP contribution in [0.5, 0.6) is 0 Å². The van der Waals surface area contributed by atoms with Crippen molar-refractivity contribution in [1.29, 1.82) is 0 Å². The molecule has 0 radical (unpaired) electrons. The number of aliphatic hydroxyl groups excluding tert-OH is 1. The van der Waals surface area contributed by atoms with Crippen LogP contribution in [0, 0.1) is 19.8 Å². The molecule has 0 aliphatic carbocycles. The highest BCUT2D eigenvalue weighted by Crippen LogP contribution is 2.35. The number of thioether (sulfide) groups is 1. The number of nitrogens with zero attached hydrogens (tertiary/aromatic N) is 3. The smallest absolute Gasteiger partial charge is 0.147 e. The van der Waals surface area contributed by atoms with Crippen LogP contribution in [0.2, 0.25) is 0 Å². The first-order valence-electron chi connectivity index (χ1n) is 11.3. The fourth-order valence-corrected chi connectivity index (χ4v) is 4.80. The van der Waals surface area contributed by atoms with Gasteiger partial charge in [0.15, 0.2) is 0 Å². The van der Waals surface area contributed by atoms with E-state index in [1.165, 1.54) is 32.8 Å². The number of benzene rings is 1. The topological polar surface area (TPSA) is 41.3 Å². The molecule has 31 heavy (non-hydrogen) atoms. The van der Waals surface area contributed by atoms with Crippen molar-refractivity contribution in [3.8, 4) is 5.69 Å². The number of hydrogen-bond donors (Lipinski definition) is 1. The van der Waals surface area contributed by atoms with E-state index in [1.807, 2.05) is 0 Å². The molecule has 0 saturated carbocycles. The second-order valence-electron chi connectivity index (χ2n) is 8.92. The lowest BCUT2D eigenvalue weighted by Crippen LogP contribution is -2.22. The lowest BCUT2D eigenvalue weighted by molar-refractivity contribution is 0.216. The van der Waals surface area contributed by atoms with Crippen LogP contribution in [0.1, 0.15) is 56.4 Å². The van der Waals surface area contributed by atoms with Gasteiger partial charge in [0.1, 0.15) is 5.65 Å². The highest BCUT2D eigenvalue weighted by atomic mass is 32.2. The highest BCUT2D eigenvalue weighted by Gasteiger charge is 2.18. The van der Waals surface area contributed by atoms with Gasteiger partial charge < -0.3 is 10.0 Å². The van der Waals surface area contributed by atoms with E-state index in [9.17, 15) is 5.11 Å². The van der Waals surface area contributed by atoms with Crippen LogP contribution in [0.25, 0.3) is 16.7 Å². The Balaban J connectivity index is 2.09. The van der Waals surface area contributed by atoms with Gasteiger partial charge in [-0.15, -0.1) is 11.8 Å². The maximum Gasteiger partial charge on any atom is 0.147 e. The van der Waals surface area contributed by atoms with E-state index in [-0.39, 0.29) is 6.61 Å². The van der Waals surface area contributed by atoms with Crippen LogP contribution < -0.4 is 4.90 Å². The van der Waals surface area contributed by atoms with Gasteiger partial charge in [0, 0.05) is 48.1 Å². The maximum absolute atomic E-state index is 9.57. The maximum atomic E-state index is 9.57. The second kappa shape index (κ2) is 10.1. The zero-order valence-electron chi connectivity index (χ0n) is 20.1. The molecular formula is C26H37N3OS. The van der Waals surface area contributed by atoms with Crippen LogP contribution in [-0.2, 0) is 0 Å². The number of pyridine rings is 1. The first kappa shape index (κ1) is 23.7. The molecule has 1 aromatic carbocycles. The lowest BCUT2D eigenvalue weighted by Gasteiger charge is -2.23. The summed E-state index contributed by atoms with van der Waals surface area (Å²) < 4.78 is 2.26. The van der Waals surface area contributed by atoms with E-state index < -0.39 is 0 Å². The molecule has 0 aliphatic rings. The summed E-state index contributed by atoms with van der Waals surface area (Å²) in [4.78, 5) is 8.56. The second-order valence-corrected chi connectivity index (χ2v) is 9.76.